The van der Waals surface area contributed by atoms with Crippen molar-refractivity contribution >= 4 is 33.1 Å². The zero-order valence-electron chi connectivity index (χ0n) is 13.0. The lowest BCUT2D eigenvalue weighted by atomic mass is 10.1. The Morgan fingerprint density at radius 1 is 0.583 bits per heavy atom. The smallest absolute Gasteiger partial charge is 0.0660 e. The number of para-hydroxylation sites is 1. The van der Waals surface area contributed by atoms with Crippen molar-refractivity contribution in [1.82, 2.24) is 4.98 Å². The molecule has 114 valence electrons. The molecule has 0 spiro atoms. The number of hydrogen-bond donors (Lipinski definition) is 1. The normalized spacial score (nSPS) is 11.3. The van der Waals surface area contributed by atoms with Crippen molar-refractivity contribution in [3.05, 3.63) is 84.9 Å². The van der Waals surface area contributed by atoms with E-state index in [4.69, 9.17) is 0 Å². The highest BCUT2D eigenvalue weighted by Crippen LogP contribution is 2.46. The van der Waals surface area contributed by atoms with E-state index < -0.39 is 0 Å². The molecule has 0 aliphatic heterocycles. The number of rotatable bonds is 2. The number of aromatic nitrogens is 1. The topological polar surface area (TPSA) is 15.8 Å². The van der Waals surface area contributed by atoms with Gasteiger partial charge < -0.3 is 4.98 Å². The van der Waals surface area contributed by atoms with Gasteiger partial charge in [-0.25, -0.2) is 0 Å². The predicted octanol–water partition coefficient (Wildman–Crippen LogP) is 6.72. The van der Waals surface area contributed by atoms with Crippen LogP contribution in [0.1, 0.15) is 0 Å². The van der Waals surface area contributed by atoms with Gasteiger partial charge in [-0.2, -0.15) is 0 Å². The third-order valence-electron chi connectivity index (χ3n) is 4.44. The van der Waals surface area contributed by atoms with E-state index in [0.29, 0.717) is 0 Å². The number of H-pyrrole nitrogens is 1. The molecular formula is C22H15NS. The second-order valence-electron chi connectivity index (χ2n) is 5.91. The third-order valence-corrected chi connectivity index (χ3v) is 5.72. The number of thiophene rings is 1. The standard InChI is InChI=1S/C22H15NS/c1-3-9-15(10-4-1)21-19-17-13-7-8-14-18(17)23-20(19)22(24-21)16-11-5-2-6-12-16/h1-14,23H. The van der Waals surface area contributed by atoms with Gasteiger partial charge in [0.05, 0.1) is 10.4 Å². The largest absolute Gasteiger partial charge is 0.353 e. The monoisotopic (exact) mass is 325 g/mol. The van der Waals surface area contributed by atoms with Gasteiger partial charge in [0, 0.05) is 21.2 Å². The van der Waals surface area contributed by atoms with Crippen molar-refractivity contribution in [1.29, 1.82) is 0 Å². The molecule has 0 unspecified atom stereocenters. The van der Waals surface area contributed by atoms with Crippen LogP contribution in [0.2, 0.25) is 0 Å². The van der Waals surface area contributed by atoms with Gasteiger partial charge in [-0.1, -0.05) is 78.9 Å². The third kappa shape index (κ3) is 2.00. The quantitative estimate of drug-likeness (QED) is 0.371. The van der Waals surface area contributed by atoms with E-state index in [-0.39, 0.29) is 0 Å². The molecule has 5 rings (SSSR count). The van der Waals surface area contributed by atoms with Gasteiger partial charge in [-0.3, -0.25) is 0 Å². The second-order valence-corrected chi connectivity index (χ2v) is 6.93. The van der Waals surface area contributed by atoms with E-state index >= 15 is 0 Å². The molecule has 1 N–H and O–H groups in total. The molecule has 0 aliphatic rings. The first-order valence-electron chi connectivity index (χ1n) is 8.06. The molecule has 24 heavy (non-hydrogen) atoms. The van der Waals surface area contributed by atoms with Gasteiger partial charge >= 0.3 is 0 Å². The molecule has 2 heterocycles. The average Bonchev–Trinajstić information content (AvgIpc) is 3.20. The molecule has 0 aliphatic carbocycles. The van der Waals surface area contributed by atoms with Crippen molar-refractivity contribution in [2.24, 2.45) is 0 Å². The Labute approximate surface area is 144 Å². The number of hydrogen-bond acceptors (Lipinski definition) is 1. The van der Waals surface area contributed by atoms with Crippen molar-refractivity contribution in [2.75, 3.05) is 0 Å². The fraction of sp³-hybridized carbons (Fsp3) is 0. The first kappa shape index (κ1) is 13.6. The Bertz CT molecular complexity index is 1130. The summed E-state index contributed by atoms with van der Waals surface area (Å²) in [6.45, 7) is 0. The maximum absolute atomic E-state index is 3.65. The van der Waals surface area contributed by atoms with Crippen molar-refractivity contribution in [3.8, 4) is 20.9 Å². The molecule has 3 aromatic carbocycles. The minimum atomic E-state index is 1.20. The maximum Gasteiger partial charge on any atom is 0.0660 e. The van der Waals surface area contributed by atoms with Gasteiger partial charge in [0.1, 0.15) is 0 Å². The van der Waals surface area contributed by atoms with E-state index in [2.05, 4.69) is 89.9 Å². The summed E-state index contributed by atoms with van der Waals surface area (Å²) in [5, 5.41) is 2.63. The highest BCUT2D eigenvalue weighted by Gasteiger charge is 2.18. The molecule has 0 radical (unpaired) electrons. The number of fused-ring (bicyclic) bond motifs is 3. The first-order chi connectivity index (χ1) is 11.9. The van der Waals surface area contributed by atoms with Crippen LogP contribution in [0.5, 0.6) is 0 Å². The van der Waals surface area contributed by atoms with Crippen LogP contribution in [0.4, 0.5) is 0 Å². The molecule has 0 saturated carbocycles. The Morgan fingerprint density at radius 3 is 1.88 bits per heavy atom. The van der Waals surface area contributed by atoms with Crippen LogP contribution in [0.25, 0.3) is 42.7 Å². The lowest BCUT2D eigenvalue weighted by molar-refractivity contribution is 1.56. The molecule has 2 heteroatoms. The Kier molecular flexibility index (Phi) is 3.03. The van der Waals surface area contributed by atoms with Crippen LogP contribution in [0, 0.1) is 0 Å². The number of aromatic amines is 1. The molecule has 1 nitrogen and oxygen atoms in total. The van der Waals surface area contributed by atoms with Crippen molar-refractivity contribution in [2.45, 2.75) is 0 Å². The van der Waals surface area contributed by atoms with Gasteiger partial charge in [0.25, 0.3) is 0 Å². The molecule has 0 atom stereocenters. The average molecular weight is 325 g/mol. The lowest BCUT2D eigenvalue weighted by Gasteiger charge is -1.99. The first-order valence-corrected chi connectivity index (χ1v) is 8.87. The van der Waals surface area contributed by atoms with Crippen LogP contribution < -0.4 is 0 Å². The highest BCUT2D eigenvalue weighted by atomic mass is 32.1. The van der Waals surface area contributed by atoms with E-state index in [1.54, 1.807) is 0 Å². The summed E-state index contributed by atoms with van der Waals surface area (Å²) in [6, 6.07) is 29.9. The molecule has 2 aromatic heterocycles. The van der Waals surface area contributed by atoms with E-state index in [0.717, 1.165) is 0 Å². The summed E-state index contributed by atoms with van der Waals surface area (Å²) < 4.78 is 0. The minimum Gasteiger partial charge on any atom is -0.353 e. The molecule has 0 saturated heterocycles. The van der Waals surface area contributed by atoms with Crippen LogP contribution in [0.3, 0.4) is 0 Å². The minimum absolute atomic E-state index is 1.20. The molecule has 0 fully saturated rings. The zero-order valence-corrected chi connectivity index (χ0v) is 13.8. The molecule has 0 amide bonds. The highest BCUT2D eigenvalue weighted by molar-refractivity contribution is 7.21. The zero-order chi connectivity index (χ0) is 15.9. The Morgan fingerprint density at radius 2 is 1.17 bits per heavy atom. The second kappa shape index (κ2) is 5.36. The summed E-state index contributed by atoms with van der Waals surface area (Å²) in [5.41, 5.74) is 4.98. The van der Waals surface area contributed by atoms with Gasteiger partial charge in [-0.15, -0.1) is 11.3 Å². The summed E-state index contributed by atoms with van der Waals surface area (Å²) in [7, 11) is 0. The number of benzene rings is 3. The van der Waals surface area contributed by atoms with Crippen molar-refractivity contribution < 1.29 is 0 Å². The van der Waals surface area contributed by atoms with E-state index in [1.807, 2.05) is 11.3 Å². The molecule has 5 aromatic rings. The fourth-order valence-electron chi connectivity index (χ4n) is 3.34. The summed E-state index contributed by atoms with van der Waals surface area (Å²) in [4.78, 5) is 6.29. The Hall–Kier alpha value is -2.84. The van der Waals surface area contributed by atoms with Crippen LogP contribution >= 0.6 is 11.3 Å². The summed E-state index contributed by atoms with van der Waals surface area (Å²) in [5.74, 6) is 0. The maximum atomic E-state index is 3.65. The lowest BCUT2D eigenvalue weighted by Crippen LogP contribution is -1.72. The predicted molar refractivity (Wildman–Crippen MR) is 105 cm³/mol. The van der Waals surface area contributed by atoms with Crippen molar-refractivity contribution in [3.63, 3.8) is 0 Å². The summed E-state index contributed by atoms with van der Waals surface area (Å²) in [6.07, 6.45) is 0. The van der Waals surface area contributed by atoms with Crippen LogP contribution in [0.15, 0.2) is 84.9 Å². The van der Waals surface area contributed by atoms with E-state index in [1.165, 1.54) is 42.7 Å². The SMILES string of the molecule is c1ccc(-c2sc(-c3ccccc3)c3c2[nH]c2ccccc23)cc1. The van der Waals surface area contributed by atoms with Crippen LogP contribution in [-0.4, -0.2) is 4.98 Å². The fourth-order valence-corrected chi connectivity index (χ4v) is 4.62. The summed E-state index contributed by atoms with van der Waals surface area (Å²) >= 11 is 1.87. The van der Waals surface area contributed by atoms with Gasteiger partial charge in [0.15, 0.2) is 0 Å². The Balaban J connectivity index is 1.92. The van der Waals surface area contributed by atoms with E-state index in [9.17, 15) is 0 Å². The molecule has 0 bridgehead atoms. The van der Waals surface area contributed by atoms with Gasteiger partial charge in [0.2, 0.25) is 0 Å². The van der Waals surface area contributed by atoms with Crippen LogP contribution in [-0.2, 0) is 0 Å². The molecular weight excluding hydrogens is 310 g/mol. The van der Waals surface area contributed by atoms with Gasteiger partial charge in [-0.05, 0) is 17.2 Å². The number of nitrogens with one attached hydrogen (secondary N) is 1.